The molecule has 1 fully saturated rings. The number of hydrogen-bond donors (Lipinski definition) is 2. The number of aromatic nitrogens is 1. The normalized spacial score (nSPS) is 17.1. The first-order valence-electron chi connectivity index (χ1n) is 6.68. The summed E-state index contributed by atoms with van der Waals surface area (Å²) in [6.45, 7) is 1.41. The van der Waals surface area contributed by atoms with Crippen LogP contribution in [0, 0.1) is 0 Å². The smallest absolute Gasteiger partial charge is 0.107 e. The van der Waals surface area contributed by atoms with Crippen LogP contribution in [0.25, 0.3) is 11.3 Å². The molecule has 0 bridgehead atoms. The second kappa shape index (κ2) is 5.41. The highest BCUT2D eigenvalue weighted by Crippen LogP contribution is 2.30. The fraction of sp³-hybridized carbons (Fsp3) is 0.400. The lowest BCUT2D eigenvalue weighted by molar-refractivity contribution is -0.0314. The Balaban J connectivity index is 1.56. The molecule has 1 saturated carbocycles. The van der Waals surface area contributed by atoms with Crippen molar-refractivity contribution in [3.8, 4) is 11.3 Å². The Labute approximate surface area is 117 Å². The van der Waals surface area contributed by atoms with E-state index in [-0.39, 0.29) is 0 Å². The van der Waals surface area contributed by atoms with Crippen LogP contribution in [0.5, 0.6) is 0 Å². The molecule has 19 heavy (non-hydrogen) atoms. The highest BCUT2D eigenvalue weighted by molar-refractivity contribution is 7.09. The third-order valence-electron chi connectivity index (χ3n) is 3.64. The highest BCUT2D eigenvalue weighted by Gasteiger charge is 2.33. The molecule has 1 aromatic heterocycles. The minimum Gasteiger partial charge on any atom is -0.389 e. The molecule has 1 aromatic carbocycles. The molecule has 0 aliphatic heterocycles. The molecule has 3 rings (SSSR count). The highest BCUT2D eigenvalue weighted by atomic mass is 32.1. The number of thiazole rings is 1. The summed E-state index contributed by atoms with van der Waals surface area (Å²) in [5, 5.41) is 16.5. The number of nitrogens with zero attached hydrogens (tertiary/aromatic N) is 1. The van der Waals surface area contributed by atoms with E-state index in [0.29, 0.717) is 6.54 Å². The van der Waals surface area contributed by atoms with E-state index in [1.165, 1.54) is 0 Å². The fourth-order valence-corrected chi connectivity index (χ4v) is 3.07. The van der Waals surface area contributed by atoms with Crippen molar-refractivity contribution in [3.05, 3.63) is 40.7 Å². The molecule has 0 atom stereocenters. The molecule has 1 aliphatic carbocycles. The van der Waals surface area contributed by atoms with E-state index in [4.69, 9.17) is 0 Å². The molecule has 1 heterocycles. The van der Waals surface area contributed by atoms with Crippen LogP contribution in [0.1, 0.15) is 24.3 Å². The minimum atomic E-state index is -0.459. The average Bonchev–Trinajstić information content (AvgIpc) is 2.87. The summed E-state index contributed by atoms with van der Waals surface area (Å²) in [6, 6.07) is 10.2. The standard InChI is InChI=1S/C15H18N2OS/c18-15(7-4-8-15)11-16-9-14-17-13(10-19-14)12-5-2-1-3-6-12/h1-3,5-6,10,16,18H,4,7-9,11H2. The van der Waals surface area contributed by atoms with E-state index in [1.807, 2.05) is 18.2 Å². The van der Waals surface area contributed by atoms with Gasteiger partial charge in [0.25, 0.3) is 0 Å². The summed E-state index contributed by atoms with van der Waals surface area (Å²) in [4.78, 5) is 4.62. The van der Waals surface area contributed by atoms with Gasteiger partial charge in [-0.05, 0) is 19.3 Å². The van der Waals surface area contributed by atoms with Crippen LogP contribution >= 0.6 is 11.3 Å². The summed E-state index contributed by atoms with van der Waals surface area (Å²) in [5.41, 5.74) is 1.73. The van der Waals surface area contributed by atoms with E-state index >= 15 is 0 Å². The van der Waals surface area contributed by atoms with E-state index < -0.39 is 5.60 Å². The number of nitrogens with one attached hydrogen (secondary N) is 1. The largest absolute Gasteiger partial charge is 0.389 e. The van der Waals surface area contributed by atoms with Gasteiger partial charge in [-0.2, -0.15) is 0 Å². The predicted molar refractivity (Wildman–Crippen MR) is 78.1 cm³/mol. The van der Waals surface area contributed by atoms with Crippen LogP contribution in [-0.4, -0.2) is 22.2 Å². The molecule has 0 saturated heterocycles. The maximum atomic E-state index is 9.99. The maximum absolute atomic E-state index is 9.99. The summed E-state index contributed by atoms with van der Waals surface area (Å²) >= 11 is 1.67. The molecular formula is C15H18N2OS. The third kappa shape index (κ3) is 3.03. The number of rotatable bonds is 5. The topological polar surface area (TPSA) is 45.1 Å². The lowest BCUT2D eigenvalue weighted by atomic mass is 9.80. The van der Waals surface area contributed by atoms with Crippen molar-refractivity contribution in [1.82, 2.24) is 10.3 Å². The number of hydrogen-bond acceptors (Lipinski definition) is 4. The van der Waals surface area contributed by atoms with Gasteiger partial charge in [0, 0.05) is 24.0 Å². The van der Waals surface area contributed by atoms with Gasteiger partial charge >= 0.3 is 0 Å². The third-order valence-corrected chi connectivity index (χ3v) is 4.48. The summed E-state index contributed by atoms with van der Waals surface area (Å²) in [6.07, 6.45) is 2.99. The van der Waals surface area contributed by atoms with Crippen molar-refractivity contribution in [3.63, 3.8) is 0 Å². The van der Waals surface area contributed by atoms with E-state index in [9.17, 15) is 5.11 Å². The summed E-state index contributed by atoms with van der Waals surface area (Å²) in [7, 11) is 0. The Morgan fingerprint density at radius 2 is 2.05 bits per heavy atom. The van der Waals surface area contributed by atoms with Gasteiger partial charge in [0.15, 0.2) is 0 Å². The van der Waals surface area contributed by atoms with Crippen LogP contribution < -0.4 is 5.32 Å². The van der Waals surface area contributed by atoms with Gasteiger partial charge in [0.05, 0.1) is 11.3 Å². The van der Waals surface area contributed by atoms with Crippen molar-refractivity contribution in [2.75, 3.05) is 6.54 Å². The lowest BCUT2D eigenvalue weighted by Gasteiger charge is -2.36. The van der Waals surface area contributed by atoms with Gasteiger partial charge in [0.2, 0.25) is 0 Å². The molecular weight excluding hydrogens is 256 g/mol. The van der Waals surface area contributed by atoms with Crippen molar-refractivity contribution in [2.24, 2.45) is 0 Å². The van der Waals surface area contributed by atoms with Gasteiger partial charge in [-0.15, -0.1) is 11.3 Å². The summed E-state index contributed by atoms with van der Waals surface area (Å²) < 4.78 is 0. The molecule has 4 heteroatoms. The van der Waals surface area contributed by atoms with Crippen LogP contribution in [0.15, 0.2) is 35.7 Å². The lowest BCUT2D eigenvalue weighted by Crippen LogP contribution is -2.45. The van der Waals surface area contributed by atoms with E-state index in [1.54, 1.807) is 11.3 Å². The fourth-order valence-electron chi connectivity index (χ4n) is 2.30. The first-order valence-corrected chi connectivity index (χ1v) is 7.56. The Bertz CT molecular complexity index is 534. The Hall–Kier alpha value is -1.23. The quantitative estimate of drug-likeness (QED) is 0.881. The molecule has 0 spiro atoms. The van der Waals surface area contributed by atoms with E-state index in [0.717, 1.165) is 42.1 Å². The van der Waals surface area contributed by atoms with Crippen LogP contribution in [0.4, 0.5) is 0 Å². The second-order valence-electron chi connectivity index (χ2n) is 5.17. The molecule has 0 radical (unpaired) electrons. The second-order valence-corrected chi connectivity index (χ2v) is 6.12. The molecule has 0 unspecified atom stereocenters. The zero-order chi connectivity index (χ0) is 13.1. The molecule has 1 aliphatic rings. The van der Waals surface area contributed by atoms with Gasteiger partial charge in [-0.1, -0.05) is 30.3 Å². The molecule has 3 nitrogen and oxygen atoms in total. The summed E-state index contributed by atoms with van der Waals surface area (Å²) in [5.74, 6) is 0. The van der Waals surface area contributed by atoms with E-state index in [2.05, 4.69) is 27.8 Å². The number of benzene rings is 1. The van der Waals surface area contributed by atoms with Crippen LogP contribution in [0.3, 0.4) is 0 Å². The van der Waals surface area contributed by atoms with Crippen molar-refractivity contribution in [2.45, 2.75) is 31.4 Å². The Kier molecular flexibility index (Phi) is 3.64. The minimum absolute atomic E-state index is 0.459. The van der Waals surface area contributed by atoms with Gasteiger partial charge in [0.1, 0.15) is 5.01 Å². The van der Waals surface area contributed by atoms with Gasteiger partial charge < -0.3 is 10.4 Å². The Morgan fingerprint density at radius 3 is 2.74 bits per heavy atom. The van der Waals surface area contributed by atoms with Crippen molar-refractivity contribution < 1.29 is 5.11 Å². The monoisotopic (exact) mass is 274 g/mol. The number of aliphatic hydroxyl groups is 1. The predicted octanol–water partition coefficient (Wildman–Crippen LogP) is 2.81. The zero-order valence-corrected chi connectivity index (χ0v) is 11.6. The van der Waals surface area contributed by atoms with Gasteiger partial charge in [-0.3, -0.25) is 0 Å². The van der Waals surface area contributed by atoms with Crippen molar-refractivity contribution >= 4 is 11.3 Å². The maximum Gasteiger partial charge on any atom is 0.107 e. The van der Waals surface area contributed by atoms with Crippen LogP contribution in [0.2, 0.25) is 0 Å². The Morgan fingerprint density at radius 1 is 1.26 bits per heavy atom. The van der Waals surface area contributed by atoms with Crippen LogP contribution in [-0.2, 0) is 6.54 Å². The average molecular weight is 274 g/mol. The zero-order valence-electron chi connectivity index (χ0n) is 10.8. The van der Waals surface area contributed by atoms with Gasteiger partial charge in [-0.25, -0.2) is 4.98 Å². The SMILES string of the molecule is OC1(CNCc2nc(-c3ccccc3)cs2)CCC1. The first kappa shape index (κ1) is 12.8. The molecule has 2 aromatic rings. The van der Waals surface area contributed by atoms with Crippen molar-refractivity contribution in [1.29, 1.82) is 0 Å². The molecule has 0 amide bonds. The molecule has 100 valence electrons. The first-order chi connectivity index (χ1) is 9.25. The molecule has 2 N–H and O–H groups in total.